The van der Waals surface area contributed by atoms with E-state index in [9.17, 15) is 9.59 Å². The number of aliphatic carboxylic acids is 1. The van der Waals surface area contributed by atoms with Gasteiger partial charge in [0, 0.05) is 18.4 Å². The summed E-state index contributed by atoms with van der Waals surface area (Å²) in [5, 5.41) is 12.4. The Kier molecular flexibility index (Phi) is 5.21. The van der Waals surface area contributed by atoms with Crippen molar-refractivity contribution in [3.8, 4) is 0 Å². The fourth-order valence-electron chi connectivity index (χ4n) is 1.35. The third kappa shape index (κ3) is 4.06. The topological polar surface area (TPSA) is 83.6 Å². The van der Waals surface area contributed by atoms with Crippen molar-refractivity contribution in [3.63, 3.8) is 0 Å². The Bertz CT molecular complexity index is 425. The molecule has 1 aromatic heterocycles. The van der Waals surface area contributed by atoms with Gasteiger partial charge in [-0.15, -0.1) is 11.8 Å². The summed E-state index contributed by atoms with van der Waals surface area (Å²) in [5.41, 5.74) is 1.82. The van der Waals surface area contributed by atoms with Gasteiger partial charge in [0.15, 0.2) is 0 Å². The normalized spacial score (nSPS) is 10.4. The molecule has 0 saturated carbocycles. The molecule has 0 aliphatic carbocycles. The average molecular weight is 272 g/mol. The van der Waals surface area contributed by atoms with Crippen molar-refractivity contribution in [2.24, 2.45) is 0 Å². The number of carbonyl (C=O) groups excluding carboxylic acids is 1. The first-order valence-electron chi connectivity index (χ1n) is 5.37. The van der Waals surface area contributed by atoms with Crippen LogP contribution in [0.2, 0.25) is 0 Å². The first-order chi connectivity index (χ1) is 8.41. The number of hydrogen-bond donors (Lipinski definition) is 1. The van der Waals surface area contributed by atoms with Crippen molar-refractivity contribution in [2.75, 3.05) is 19.3 Å². The molecule has 0 fully saturated rings. The number of carboxylic acids is 1. The van der Waals surface area contributed by atoms with Crippen molar-refractivity contribution in [1.29, 1.82) is 0 Å². The van der Waals surface area contributed by atoms with Crippen LogP contribution in [0.4, 0.5) is 0 Å². The summed E-state index contributed by atoms with van der Waals surface area (Å²) < 4.78 is 5.02. The summed E-state index contributed by atoms with van der Waals surface area (Å²) in [6, 6.07) is 0. The molecule has 18 heavy (non-hydrogen) atoms. The highest BCUT2D eigenvalue weighted by Crippen LogP contribution is 2.19. The van der Waals surface area contributed by atoms with E-state index in [0.29, 0.717) is 5.75 Å². The number of hydrogen-bond acceptors (Lipinski definition) is 5. The number of aromatic nitrogens is 1. The lowest BCUT2D eigenvalue weighted by molar-refractivity contribution is -0.142. The van der Waals surface area contributed by atoms with E-state index in [1.807, 2.05) is 13.8 Å². The van der Waals surface area contributed by atoms with E-state index in [-0.39, 0.29) is 18.2 Å². The van der Waals surface area contributed by atoms with Gasteiger partial charge in [0.05, 0.1) is 11.4 Å². The minimum Gasteiger partial charge on any atom is -0.480 e. The molecule has 0 radical (unpaired) electrons. The highest BCUT2D eigenvalue weighted by atomic mass is 32.2. The van der Waals surface area contributed by atoms with Crippen molar-refractivity contribution in [2.45, 2.75) is 19.6 Å². The second kappa shape index (κ2) is 6.44. The number of carboxylic acid groups (broad SMARTS) is 1. The van der Waals surface area contributed by atoms with Crippen LogP contribution in [0.3, 0.4) is 0 Å². The Labute approximate surface area is 109 Å². The van der Waals surface area contributed by atoms with Crippen LogP contribution in [0.5, 0.6) is 0 Å². The molecule has 0 unspecified atom stereocenters. The lowest BCUT2D eigenvalue weighted by Crippen LogP contribution is -2.33. The monoisotopic (exact) mass is 272 g/mol. The van der Waals surface area contributed by atoms with E-state index in [1.54, 1.807) is 0 Å². The molecular formula is C11H16N2O4S. The standard InChI is InChI=1S/C11H16N2O4S/c1-7-9(8(2)17-12-7)5-18-6-10(14)13(3)4-11(15)16/h4-6H2,1-3H3,(H,15,16). The highest BCUT2D eigenvalue weighted by molar-refractivity contribution is 7.99. The van der Waals surface area contributed by atoms with Crippen molar-refractivity contribution in [1.82, 2.24) is 10.1 Å². The molecule has 1 amide bonds. The lowest BCUT2D eigenvalue weighted by Gasteiger charge is -2.13. The molecule has 1 aromatic rings. The van der Waals surface area contributed by atoms with Crippen LogP contribution in [0, 0.1) is 13.8 Å². The number of thioether (sulfide) groups is 1. The van der Waals surface area contributed by atoms with Crippen LogP contribution in [0.25, 0.3) is 0 Å². The summed E-state index contributed by atoms with van der Waals surface area (Å²) in [5.74, 6) is 0.420. The maximum atomic E-state index is 11.6. The quantitative estimate of drug-likeness (QED) is 0.834. The first kappa shape index (κ1) is 14.6. The van der Waals surface area contributed by atoms with Gasteiger partial charge in [-0.1, -0.05) is 5.16 Å². The molecule has 0 aliphatic heterocycles. The fourth-order valence-corrected chi connectivity index (χ4v) is 2.46. The molecule has 6 nitrogen and oxygen atoms in total. The zero-order chi connectivity index (χ0) is 13.7. The van der Waals surface area contributed by atoms with Gasteiger partial charge >= 0.3 is 5.97 Å². The van der Waals surface area contributed by atoms with E-state index in [0.717, 1.165) is 17.0 Å². The van der Waals surface area contributed by atoms with Crippen LogP contribution < -0.4 is 0 Å². The summed E-state index contributed by atoms with van der Waals surface area (Å²) in [6.07, 6.45) is 0. The summed E-state index contributed by atoms with van der Waals surface area (Å²) in [6.45, 7) is 3.41. The molecule has 0 saturated heterocycles. The Morgan fingerprint density at radius 3 is 2.61 bits per heavy atom. The second-order valence-electron chi connectivity index (χ2n) is 3.94. The molecule has 1 N–H and O–H groups in total. The van der Waals surface area contributed by atoms with Gasteiger partial charge in [0.25, 0.3) is 0 Å². The van der Waals surface area contributed by atoms with Crippen molar-refractivity contribution >= 4 is 23.6 Å². The lowest BCUT2D eigenvalue weighted by atomic mass is 10.2. The molecule has 7 heteroatoms. The van der Waals surface area contributed by atoms with Crippen LogP contribution in [0.15, 0.2) is 4.52 Å². The predicted octanol–water partition coefficient (Wildman–Crippen LogP) is 1.07. The largest absolute Gasteiger partial charge is 0.480 e. The van der Waals surface area contributed by atoms with Gasteiger partial charge < -0.3 is 14.5 Å². The van der Waals surface area contributed by atoms with Crippen LogP contribution >= 0.6 is 11.8 Å². The van der Waals surface area contributed by atoms with Crippen LogP contribution in [0.1, 0.15) is 17.0 Å². The number of likely N-dealkylation sites (N-methyl/N-ethyl adjacent to an activating group) is 1. The van der Waals surface area contributed by atoms with Gasteiger partial charge in [0.2, 0.25) is 5.91 Å². The first-order valence-corrected chi connectivity index (χ1v) is 6.52. The minimum absolute atomic E-state index is 0.200. The van der Waals surface area contributed by atoms with E-state index in [4.69, 9.17) is 9.63 Å². The molecular weight excluding hydrogens is 256 g/mol. The number of nitrogens with zero attached hydrogens (tertiary/aromatic N) is 2. The molecule has 0 atom stereocenters. The van der Waals surface area contributed by atoms with E-state index < -0.39 is 5.97 Å². The van der Waals surface area contributed by atoms with Gasteiger partial charge in [-0.3, -0.25) is 9.59 Å². The number of aryl methyl sites for hydroxylation is 2. The van der Waals surface area contributed by atoms with E-state index in [2.05, 4.69) is 5.16 Å². The van der Waals surface area contributed by atoms with Crippen molar-refractivity contribution in [3.05, 3.63) is 17.0 Å². The third-order valence-corrected chi connectivity index (χ3v) is 3.40. The number of carbonyl (C=O) groups is 2. The molecule has 0 spiro atoms. The van der Waals surface area contributed by atoms with Gasteiger partial charge in [0.1, 0.15) is 12.3 Å². The zero-order valence-electron chi connectivity index (χ0n) is 10.6. The SMILES string of the molecule is Cc1noc(C)c1CSCC(=O)N(C)CC(=O)O. The van der Waals surface area contributed by atoms with Crippen LogP contribution in [-0.2, 0) is 15.3 Å². The summed E-state index contributed by atoms with van der Waals surface area (Å²) >= 11 is 1.42. The minimum atomic E-state index is -1.01. The second-order valence-corrected chi connectivity index (χ2v) is 4.92. The zero-order valence-corrected chi connectivity index (χ0v) is 11.4. The Balaban J connectivity index is 2.38. The summed E-state index contributed by atoms with van der Waals surface area (Å²) in [4.78, 5) is 23.2. The van der Waals surface area contributed by atoms with E-state index in [1.165, 1.54) is 23.7 Å². The molecule has 1 rings (SSSR count). The molecule has 100 valence electrons. The van der Waals surface area contributed by atoms with Gasteiger partial charge in [-0.25, -0.2) is 0 Å². The van der Waals surface area contributed by atoms with Gasteiger partial charge in [-0.05, 0) is 13.8 Å². The maximum absolute atomic E-state index is 11.6. The third-order valence-electron chi connectivity index (χ3n) is 2.45. The molecule has 0 aromatic carbocycles. The number of rotatable bonds is 6. The Hall–Kier alpha value is -1.50. The average Bonchev–Trinajstić information content (AvgIpc) is 2.59. The predicted molar refractivity (Wildman–Crippen MR) is 67.4 cm³/mol. The van der Waals surface area contributed by atoms with E-state index >= 15 is 0 Å². The fraction of sp³-hybridized carbons (Fsp3) is 0.545. The number of amides is 1. The Morgan fingerprint density at radius 1 is 1.44 bits per heavy atom. The van der Waals surface area contributed by atoms with Crippen molar-refractivity contribution < 1.29 is 19.2 Å². The van der Waals surface area contributed by atoms with Crippen LogP contribution in [-0.4, -0.2) is 46.4 Å². The van der Waals surface area contributed by atoms with Gasteiger partial charge in [-0.2, -0.15) is 0 Å². The highest BCUT2D eigenvalue weighted by Gasteiger charge is 2.14. The molecule has 0 aliphatic rings. The molecule has 0 bridgehead atoms. The smallest absolute Gasteiger partial charge is 0.323 e. The molecule has 1 heterocycles. The Morgan fingerprint density at radius 2 is 2.11 bits per heavy atom. The summed E-state index contributed by atoms with van der Waals surface area (Å²) in [7, 11) is 1.48. The maximum Gasteiger partial charge on any atom is 0.323 e.